The molecule has 1 aliphatic heterocycles. The van der Waals surface area contributed by atoms with Crippen LogP contribution in [0.2, 0.25) is 0 Å². The Morgan fingerprint density at radius 3 is 2.65 bits per heavy atom. The number of aromatic amines is 1. The van der Waals surface area contributed by atoms with Crippen LogP contribution in [0, 0.1) is 6.92 Å². The van der Waals surface area contributed by atoms with Gasteiger partial charge in [-0.25, -0.2) is 4.79 Å². The predicted molar refractivity (Wildman–Crippen MR) is 79.1 cm³/mol. The average Bonchev–Trinajstić information content (AvgIpc) is 2.79. The monoisotopic (exact) mass is 330 g/mol. The predicted octanol–water partition coefficient (Wildman–Crippen LogP) is -1.75. The van der Waals surface area contributed by atoms with Gasteiger partial charge in [-0.05, 0) is 20.8 Å². The number of aromatic nitrogens is 2. The lowest BCUT2D eigenvalue weighted by atomic mass is 10.1. The Bertz CT molecular complexity index is 653. The number of rotatable bonds is 5. The topological polar surface area (TPSA) is 134 Å². The van der Waals surface area contributed by atoms with Crippen molar-refractivity contribution < 1.29 is 24.8 Å². The molecule has 0 bridgehead atoms. The molecule has 9 nitrogen and oxygen atoms in total. The smallest absolute Gasteiger partial charge is 0.330 e. The van der Waals surface area contributed by atoms with Gasteiger partial charge in [0.15, 0.2) is 6.23 Å². The van der Waals surface area contributed by atoms with Gasteiger partial charge in [0.05, 0.1) is 18.8 Å². The number of aliphatic hydroxyl groups excluding tert-OH is 3. The van der Waals surface area contributed by atoms with Crippen molar-refractivity contribution in [3.8, 4) is 0 Å². The molecule has 0 aliphatic carbocycles. The quantitative estimate of drug-likeness (QED) is 0.503. The van der Waals surface area contributed by atoms with E-state index in [-0.39, 0.29) is 5.56 Å². The second kappa shape index (κ2) is 6.93. The van der Waals surface area contributed by atoms with E-state index < -0.39 is 54.6 Å². The molecule has 23 heavy (non-hydrogen) atoms. The van der Waals surface area contributed by atoms with Crippen molar-refractivity contribution in [2.24, 2.45) is 0 Å². The Balaban J connectivity index is 2.39. The van der Waals surface area contributed by atoms with E-state index >= 15 is 0 Å². The maximum Gasteiger partial charge on any atom is 0.330 e. The fraction of sp³-hybridized carbons (Fsp3) is 0.714. The Morgan fingerprint density at radius 2 is 2.09 bits per heavy atom. The third kappa shape index (κ3) is 3.54. The van der Waals surface area contributed by atoms with Gasteiger partial charge in [-0.15, -0.1) is 0 Å². The third-order valence-corrected chi connectivity index (χ3v) is 3.96. The first-order chi connectivity index (χ1) is 10.8. The summed E-state index contributed by atoms with van der Waals surface area (Å²) in [6.07, 6.45) is -4.27. The number of nitrogens with one attached hydrogen (secondary N) is 1. The molecule has 1 saturated heterocycles. The lowest BCUT2D eigenvalue weighted by Crippen LogP contribution is -2.42. The van der Waals surface area contributed by atoms with Crippen LogP contribution in [0.4, 0.5) is 0 Å². The second-order valence-electron chi connectivity index (χ2n) is 5.76. The summed E-state index contributed by atoms with van der Waals surface area (Å²) in [7, 11) is 0. The van der Waals surface area contributed by atoms with Gasteiger partial charge in [0.25, 0.3) is 5.56 Å². The van der Waals surface area contributed by atoms with E-state index in [1.807, 2.05) is 0 Å². The highest BCUT2D eigenvalue weighted by molar-refractivity contribution is 5.03. The SMILES string of the molecule is Cc1cn([C@@H]2O[C@H](CO)C(O)C2O[C@H](C)[C@@H](C)O)c(=O)[nH]c1=O. The molecule has 0 spiro atoms. The van der Waals surface area contributed by atoms with Gasteiger partial charge in [-0.2, -0.15) is 0 Å². The lowest BCUT2D eigenvalue weighted by molar-refractivity contribution is -0.124. The van der Waals surface area contributed by atoms with E-state index in [1.54, 1.807) is 6.92 Å². The van der Waals surface area contributed by atoms with Crippen LogP contribution in [0.15, 0.2) is 15.8 Å². The number of hydrogen-bond donors (Lipinski definition) is 4. The van der Waals surface area contributed by atoms with E-state index in [4.69, 9.17) is 9.47 Å². The van der Waals surface area contributed by atoms with Crippen LogP contribution in [0.3, 0.4) is 0 Å². The van der Waals surface area contributed by atoms with Gasteiger partial charge < -0.3 is 24.8 Å². The van der Waals surface area contributed by atoms with Crippen LogP contribution >= 0.6 is 0 Å². The molecule has 0 radical (unpaired) electrons. The standard InChI is InChI=1S/C14H22N2O7/c1-6-4-16(14(21)15-12(6)20)13-11(22-8(3)7(2)18)10(19)9(5-17)23-13/h4,7-11,13,17-19H,5H2,1-3H3,(H,15,20,21)/t7-,8-,9-,10?,11?,13-/m1/s1. The Morgan fingerprint density at radius 1 is 1.43 bits per heavy atom. The van der Waals surface area contributed by atoms with Crippen LogP contribution in [-0.2, 0) is 9.47 Å². The molecule has 0 aromatic carbocycles. The minimum absolute atomic E-state index is 0.289. The minimum atomic E-state index is -1.19. The molecule has 9 heteroatoms. The van der Waals surface area contributed by atoms with Gasteiger partial charge in [0, 0.05) is 11.8 Å². The lowest BCUT2D eigenvalue weighted by Gasteiger charge is -2.27. The fourth-order valence-electron chi connectivity index (χ4n) is 2.38. The van der Waals surface area contributed by atoms with Crippen LogP contribution in [-0.4, -0.2) is 62.0 Å². The third-order valence-electron chi connectivity index (χ3n) is 3.96. The first kappa shape index (κ1) is 17.8. The summed E-state index contributed by atoms with van der Waals surface area (Å²) < 4.78 is 12.2. The number of ether oxygens (including phenoxy) is 2. The highest BCUT2D eigenvalue weighted by Gasteiger charge is 2.46. The average molecular weight is 330 g/mol. The van der Waals surface area contributed by atoms with E-state index in [9.17, 15) is 24.9 Å². The Hall–Kier alpha value is -1.52. The Labute approximate surface area is 132 Å². The van der Waals surface area contributed by atoms with Crippen molar-refractivity contribution in [2.75, 3.05) is 6.61 Å². The van der Waals surface area contributed by atoms with E-state index in [2.05, 4.69) is 4.98 Å². The second-order valence-corrected chi connectivity index (χ2v) is 5.76. The first-order valence-electron chi connectivity index (χ1n) is 7.36. The molecule has 0 amide bonds. The number of aryl methyl sites for hydroxylation is 1. The van der Waals surface area contributed by atoms with Crippen molar-refractivity contribution >= 4 is 0 Å². The molecule has 2 rings (SSSR count). The van der Waals surface area contributed by atoms with E-state index in [0.29, 0.717) is 0 Å². The van der Waals surface area contributed by atoms with Gasteiger partial charge in [-0.3, -0.25) is 14.3 Å². The van der Waals surface area contributed by atoms with Gasteiger partial charge in [0.2, 0.25) is 0 Å². The number of aliphatic hydroxyl groups is 3. The van der Waals surface area contributed by atoms with Crippen LogP contribution in [0.1, 0.15) is 25.6 Å². The zero-order valence-electron chi connectivity index (χ0n) is 13.2. The summed E-state index contributed by atoms with van der Waals surface area (Å²) in [5, 5.41) is 29.1. The summed E-state index contributed by atoms with van der Waals surface area (Å²) in [6, 6.07) is 0. The normalized spacial score (nSPS) is 30.3. The zero-order valence-corrected chi connectivity index (χ0v) is 13.2. The molecule has 0 saturated carbocycles. The molecular formula is C14H22N2O7. The van der Waals surface area contributed by atoms with Crippen molar-refractivity contribution in [1.29, 1.82) is 0 Å². The highest BCUT2D eigenvalue weighted by atomic mass is 16.6. The summed E-state index contributed by atoms with van der Waals surface area (Å²) in [6.45, 7) is 4.21. The minimum Gasteiger partial charge on any atom is -0.394 e. The summed E-state index contributed by atoms with van der Waals surface area (Å²) in [5.74, 6) is 0. The Kier molecular flexibility index (Phi) is 5.37. The van der Waals surface area contributed by atoms with Gasteiger partial charge >= 0.3 is 5.69 Å². The van der Waals surface area contributed by atoms with E-state index in [1.165, 1.54) is 20.0 Å². The molecule has 1 aromatic rings. The van der Waals surface area contributed by atoms with Crippen LogP contribution < -0.4 is 11.2 Å². The van der Waals surface area contributed by atoms with Crippen molar-refractivity contribution in [3.05, 3.63) is 32.6 Å². The van der Waals surface area contributed by atoms with E-state index in [0.717, 1.165) is 4.57 Å². The molecular weight excluding hydrogens is 308 g/mol. The summed E-state index contributed by atoms with van der Waals surface area (Å²) in [4.78, 5) is 25.7. The zero-order chi connectivity index (χ0) is 17.3. The molecule has 4 N–H and O–H groups in total. The molecule has 6 atom stereocenters. The van der Waals surface area contributed by atoms with Crippen LogP contribution in [0.5, 0.6) is 0 Å². The van der Waals surface area contributed by atoms with Gasteiger partial charge in [-0.1, -0.05) is 0 Å². The highest BCUT2D eigenvalue weighted by Crippen LogP contribution is 2.31. The number of H-pyrrole nitrogens is 1. The van der Waals surface area contributed by atoms with Crippen molar-refractivity contribution in [1.82, 2.24) is 9.55 Å². The maximum absolute atomic E-state index is 12.0. The van der Waals surface area contributed by atoms with Crippen molar-refractivity contribution in [2.45, 2.75) is 57.5 Å². The van der Waals surface area contributed by atoms with Gasteiger partial charge in [0.1, 0.15) is 18.3 Å². The fourth-order valence-corrected chi connectivity index (χ4v) is 2.38. The molecule has 2 heterocycles. The summed E-state index contributed by atoms with van der Waals surface area (Å²) >= 11 is 0. The molecule has 1 fully saturated rings. The molecule has 1 aliphatic rings. The first-order valence-corrected chi connectivity index (χ1v) is 7.36. The molecule has 2 unspecified atom stereocenters. The largest absolute Gasteiger partial charge is 0.394 e. The van der Waals surface area contributed by atoms with Crippen LogP contribution in [0.25, 0.3) is 0 Å². The van der Waals surface area contributed by atoms with Crippen molar-refractivity contribution in [3.63, 3.8) is 0 Å². The maximum atomic E-state index is 12.0. The number of hydrogen-bond acceptors (Lipinski definition) is 7. The number of nitrogens with zero attached hydrogens (tertiary/aromatic N) is 1. The molecule has 1 aromatic heterocycles. The molecule has 130 valence electrons. The summed E-state index contributed by atoms with van der Waals surface area (Å²) in [5.41, 5.74) is -0.939.